The summed E-state index contributed by atoms with van der Waals surface area (Å²) >= 11 is 1.61. The number of rotatable bonds is 7. The van der Waals surface area contributed by atoms with E-state index in [9.17, 15) is 4.21 Å². The van der Waals surface area contributed by atoms with Crippen molar-refractivity contribution >= 4 is 22.1 Å². The topological polar surface area (TPSA) is 54.9 Å². The molecule has 0 aliphatic rings. The SMILES string of the molecule is CC(CCNCc1csc(-c2ccccn2)n1)S(C)=O. The Morgan fingerprint density at radius 1 is 1.45 bits per heavy atom. The highest BCUT2D eigenvalue weighted by molar-refractivity contribution is 7.84. The molecule has 0 saturated heterocycles. The molecule has 2 atom stereocenters. The van der Waals surface area contributed by atoms with E-state index in [0.717, 1.165) is 35.9 Å². The molecule has 108 valence electrons. The van der Waals surface area contributed by atoms with Gasteiger partial charge in [0.25, 0.3) is 0 Å². The lowest BCUT2D eigenvalue weighted by molar-refractivity contribution is 0.625. The van der Waals surface area contributed by atoms with Gasteiger partial charge in [-0.25, -0.2) is 4.98 Å². The van der Waals surface area contributed by atoms with Crippen molar-refractivity contribution in [2.24, 2.45) is 0 Å². The Labute approximate surface area is 126 Å². The highest BCUT2D eigenvalue weighted by Gasteiger charge is 2.07. The number of nitrogens with zero attached hydrogens (tertiary/aromatic N) is 2. The monoisotopic (exact) mass is 309 g/mol. The van der Waals surface area contributed by atoms with Crippen LogP contribution in [-0.4, -0.2) is 32.2 Å². The zero-order valence-electron chi connectivity index (χ0n) is 11.7. The molecule has 6 heteroatoms. The number of pyridine rings is 1. The maximum Gasteiger partial charge on any atom is 0.142 e. The number of hydrogen-bond donors (Lipinski definition) is 1. The van der Waals surface area contributed by atoms with Gasteiger partial charge in [-0.3, -0.25) is 9.19 Å². The second-order valence-corrected chi connectivity index (χ2v) is 7.29. The number of aromatic nitrogens is 2. The minimum Gasteiger partial charge on any atom is -0.311 e. The average Bonchev–Trinajstić information content (AvgIpc) is 2.93. The molecule has 0 aliphatic carbocycles. The summed E-state index contributed by atoms with van der Waals surface area (Å²) in [6, 6.07) is 5.83. The van der Waals surface area contributed by atoms with E-state index in [2.05, 4.69) is 20.7 Å². The molecule has 0 radical (unpaired) electrons. The van der Waals surface area contributed by atoms with Crippen molar-refractivity contribution in [3.63, 3.8) is 0 Å². The van der Waals surface area contributed by atoms with Crippen LogP contribution in [0.5, 0.6) is 0 Å². The van der Waals surface area contributed by atoms with Crippen LogP contribution in [0.25, 0.3) is 10.7 Å². The highest BCUT2D eigenvalue weighted by Crippen LogP contribution is 2.21. The van der Waals surface area contributed by atoms with Crippen LogP contribution in [0.2, 0.25) is 0 Å². The molecule has 1 N–H and O–H groups in total. The van der Waals surface area contributed by atoms with Crippen LogP contribution in [-0.2, 0) is 17.3 Å². The molecule has 0 amide bonds. The first-order chi connectivity index (χ1) is 9.66. The van der Waals surface area contributed by atoms with Crippen LogP contribution in [0.4, 0.5) is 0 Å². The molecule has 0 aromatic carbocycles. The largest absolute Gasteiger partial charge is 0.311 e. The predicted molar refractivity (Wildman–Crippen MR) is 85.2 cm³/mol. The van der Waals surface area contributed by atoms with Crippen molar-refractivity contribution in [1.82, 2.24) is 15.3 Å². The van der Waals surface area contributed by atoms with E-state index in [1.165, 1.54) is 0 Å². The molecule has 0 bridgehead atoms. The quantitative estimate of drug-likeness (QED) is 0.798. The Morgan fingerprint density at radius 3 is 3.00 bits per heavy atom. The lowest BCUT2D eigenvalue weighted by atomic mass is 10.3. The molecule has 2 heterocycles. The first kappa shape index (κ1) is 15.3. The zero-order valence-corrected chi connectivity index (χ0v) is 13.3. The van der Waals surface area contributed by atoms with Crippen LogP contribution in [0, 0.1) is 0 Å². The normalized spacial score (nSPS) is 14.1. The molecule has 4 nitrogen and oxygen atoms in total. The summed E-state index contributed by atoms with van der Waals surface area (Å²) in [5.41, 5.74) is 1.94. The van der Waals surface area contributed by atoms with Gasteiger partial charge in [0.2, 0.25) is 0 Å². The van der Waals surface area contributed by atoms with Gasteiger partial charge in [-0.1, -0.05) is 13.0 Å². The smallest absolute Gasteiger partial charge is 0.142 e. The summed E-state index contributed by atoms with van der Waals surface area (Å²) in [5, 5.41) is 6.58. The molecule has 0 saturated carbocycles. The van der Waals surface area contributed by atoms with Crippen molar-refractivity contribution in [2.45, 2.75) is 25.1 Å². The fourth-order valence-electron chi connectivity index (χ4n) is 1.68. The third kappa shape index (κ3) is 4.47. The van der Waals surface area contributed by atoms with Gasteiger partial charge < -0.3 is 5.32 Å². The van der Waals surface area contributed by atoms with Gasteiger partial charge >= 0.3 is 0 Å². The molecule has 2 rings (SSSR count). The zero-order chi connectivity index (χ0) is 14.4. The van der Waals surface area contributed by atoms with Gasteiger partial charge in [0.1, 0.15) is 5.01 Å². The third-order valence-corrected chi connectivity index (χ3v) is 5.32. The lowest BCUT2D eigenvalue weighted by Gasteiger charge is -2.08. The predicted octanol–water partition coefficient (Wildman–Crippen LogP) is 2.45. The van der Waals surface area contributed by atoms with E-state index < -0.39 is 10.8 Å². The van der Waals surface area contributed by atoms with E-state index in [1.807, 2.05) is 25.1 Å². The Hall–Kier alpha value is -1.11. The fraction of sp³-hybridized carbons (Fsp3) is 0.429. The summed E-state index contributed by atoms with van der Waals surface area (Å²) in [7, 11) is -0.741. The first-order valence-electron chi connectivity index (χ1n) is 6.55. The van der Waals surface area contributed by atoms with E-state index in [-0.39, 0.29) is 5.25 Å². The molecule has 2 aromatic heterocycles. The van der Waals surface area contributed by atoms with Gasteiger partial charge in [0.05, 0.1) is 11.4 Å². The Balaban J connectivity index is 1.81. The molecule has 2 unspecified atom stereocenters. The van der Waals surface area contributed by atoms with Gasteiger partial charge in [0, 0.05) is 40.4 Å². The van der Waals surface area contributed by atoms with Crippen molar-refractivity contribution in [3.05, 3.63) is 35.5 Å². The Morgan fingerprint density at radius 2 is 2.30 bits per heavy atom. The van der Waals surface area contributed by atoms with Crippen molar-refractivity contribution in [2.75, 3.05) is 12.8 Å². The minimum absolute atomic E-state index is 0.238. The fourth-order valence-corrected chi connectivity index (χ4v) is 2.93. The summed E-state index contributed by atoms with van der Waals surface area (Å²) in [6.07, 6.45) is 4.45. The molecule has 20 heavy (non-hydrogen) atoms. The van der Waals surface area contributed by atoms with Crippen LogP contribution in [0.15, 0.2) is 29.8 Å². The maximum atomic E-state index is 11.2. The van der Waals surface area contributed by atoms with E-state index in [4.69, 9.17) is 0 Å². The second-order valence-electron chi connectivity index (χ2n) is 4.63. The first-order valence-corrected chi connectivity index (χ1v) is 9.05. The Bertz CT molecular complexity index is 557. The molecule has 0 fully saturated rings. The maximum absolute atomic E-state index is 11.2. The second kappa shape index (κ2) is 7.61. The molecular formula is C14H19N3OS2. The van der Waals surface area contributed by atoms with E-state index in [1.54, 1.807) is 23.8 Å². The van der Waals surface area contributed by atoms with Gasteiger partial charge in [-0.2, -0.15) is 0 Å². The van der Waals surface area contributed by atoms with E-state index in [0.29, 0.717) is 0 Å². The van der Waals surface area contributed by atoms with Gasteiger partial charge in [-0.05, 0) is 25.1 Å². The van der Waals surface area contributed by atoms with Gasteiger partial charge in [-0.15, -0.1) is 11.3 Å². The summed E-state index contributed by atoms with van der Waals surface area (Å²) in [5.74, 6) is 0. The lowest BCUT2D eigenvalue weighted by Crippen LogP contribution is -2.21. The molecular weight excluding hydrogens is 290 g/mol. The van der Waals surface area contributed by atoms with Crippen LogP contribution < -0.4 is 5.32 Å². The van der Waals surface area contributed by atoms with Crippen molar-refractivity contribution < 1.29 is 4.21 Å². The van der Waals surface area contributed by atoms with Crippen LogP contribution in [0.1, 0.15) is 19.0 Å². The standard InChI is InChI=1S/C14H19N3OS2/c1-11(20(2)18)6-8-15-9-12-10-19-14(17-12)13-5-3-4-7-16-13/h3-5,7,10-11,15H,6,8-9H2,1-2H3. The Kier molecular flexibility index (Phi) is 5.82. The molecule has 2 aromatic rings. The summed E-state index contributed by atoms with van der Waals surface area (Å²) < 4.78 is 11.2. The number of hydrogen-bond acceptors (Lipinski definition) is 5. The summed E-state index contributed by atoms with van der Waals surface area (Å²) in [6.45, 7) is 3.61. The molecule has 0 spiro atoms. The van der Waals surface area contributed by atoms with E-state index >= 15 is 0 Å². The van der Waals surface area contributed by atoms with Crippen LogP contribution >= 0.6 is 11.3 Å². The number of thiazole rings is 1. The van der Waals surface area contributed by atoms with Crippen molar-refractivity contribution in [1.29, 1.82) is 0 Å². The number of nitrogens with one attached hydrogen (secondary N) is 1. The van der Waals surface area contributed by atoms with Crippen molar-refractivity contribution in [3.8, 4) is 10.7 Å². The molecule has 0 aliphatic heterocycles. The summed E-state index contributed by atoms with van der Waals surface area (Å²) in [4.78, 5) is 8.86. The van der Waals surface area contributed by atoms with Gasteiger partial charge in [0.15, 0.2) is 0 Å². The average molecular weight is 309 g/mol. The van der Waals surface area contributed by atoms with Crippen LogP contribution in [0.3, 0.4) is 0 Å². The highest BCUT2D eigenvalue weighted by atomic mass is 32.2. The third-order valence-electron chi connectivity index (χ3n) is 3.04. The minimum atomic E-state index is -0.741.